The van der Waals surface area contributed by atoms with E-state index in [0.717, 1.165) is 61.7 Å². The molecule has 0 fully saturated rings. The second kappa shape index (κ2) is 13.0. The van der Waals surface area contributed by atoms with Crippen molar-refractivity contribution in [2.24, 2.45) is 0 Å². The first-order valence-corrected chi connectivity index (χ1v) is 15.7. The van der Waals surface area contributed by atoms with Crippen LogP contribution in [-0.2, 0) is 0 Å². The molecule has 0 atom stereocenters. The van der Waals surface area contributed by atoms with E-state index < -0.39 is 0 Å². The molecule has 0 bridgehead atoms. The molecule has 0 saturated heterocycles. The fraction of sp³-hybridized carbons (Fsp3) is 0. The second-order valence-electron chi connectivity index (χ2n) is 11.3. The van der Waals surface area contributed by atoms with Crippen LogP contribution < -0.4 is 0 Å². The van der Waals surface area contributed by atoms with Gasteiger partial charge in [-0.2, -0.15) is 0 Å². The van der Waals surface area contributed by atoms with E-state index in [9.17, 15) is 0 Å². The first kappa shape index (κ1) is 28.8. The minimum atomic E-state index is 0.627. The standard InChI is InChI=1S/C42H28N6/c1-3-12-31(13-4-1)40-46-41(32-14-5-2-6-15-32)48-42(47-40)34-17-11-16-33(26-34)29-20-22-30(23-21-29)35-27-38(36-18-7-9-24-43-36)45-39(28-35)37-19-8-10-25-44-37/h1-28H. The highest BCUT2D eigenvalue weighted by Gasteiger charge is 2.14. The monoisotopic (exact) mass is 616 g/mol. The topological polar surface area (TPSA) is 77.3 Å². The summed E-state index contributed by atoms with van der Waals surface area (Å²) in [5.41, 5.74) is 10.3. The van der Waals surface area contributed by atoms with Gasteiger partial charge in [0.2, 0.25) is 0 Å². The molecule has 4 aromatic heterocycles. The molecule has 8 rings (SSSR count). The molecule has 0 unspecified atom stereocenters. The number of aromatic nitrogens is 6. The summed E-state index contributed by atoms with van der Waals surface area (Å²) in [6, 6.07) is 52.9. The van der Waals surface area contributed by atoms with Gasteiger partial charge in [0.05, 0.1) is 22.8 Å². The Morgan fingerprint density at radius 3 is 1.19 bits per heavy atom. The number of hydrogen-bond donors (Lipinski definition) is 0. The van der Waals surface area contributed by atoms with Crippen LogP contribution in [-0.4, -0.2) is 29.9 Å². The lowest BCUT2D eigenvalue weighted by Gasteiger charge is -2.11. The van der Waals surface area contributed by atoms with Crippen LogP contribution in [0.1, 0.15) is 0 Å². The lowest BCUT2D eigenvalue weighted by molar-refractivity contribution is 1.07. The molecule has 0 aliphatic heterocycles. The summed E-state index contributed by atoms with van der Waals surface area (Å²) in [4.78, 5) is 28.7. The van der Waals surface area contributed by atoms with Crippen LogP contribution in [0.4, 0.5) is 0 Å². The normalized spacial score (nSPS) is 10.9. The van der Waals surface area contributed by atoms with Crippen LogP contribution in [0.3, 0.4) is 0 Å². The van der Waals surface area contributed by atoms with Crippen molar-refractivity contribution in [3.8, 4) is 79.2 Å². The van der Waals surface area contributed by atoms with Crippen molar-refractivity contribution in [3.63, 3.8) is 0 Å². The SMILES string of the molecule is c1ccc(-c2nc(-c3ccccc3)nc(-c3cccc(-c4ccc(-c5cc(-c6ccccn6)nc(-c6ccccn6)c5)cc4)c3)n2)cc1. The molecule has 4 aromatic carbocycles. The van der Waals surface area contributed by atoms with E-state index in [-0.39, 0.29) is 0 Å². The zero-order chi connectivity index (χ0) is 32.1. The van der Waals surface area contributed by atoms with Crippen molar-refractivity contribution in [2.75, 3.05) is 0 Å². The zero-order valence-electron chi connectivity index (χ0n) is 25.8. The summed E-state index contributed by atoms with van der Waals surface area (Å²) >= 11 is 0. The number of nitrogens with zero attached hydrogens (tertiary/aromatic N) is 6. The summed E-state index contributed by atoms with van der Waals surface area (Å²) in [6.07, 6.45) is 3.57. The molecule has 0 aliphatic rings. The van der Waals surface area contributed by atoms with E-state index in [0.29, 0.717) is 17.5 Å². The van der Waals surface area contributed by atoms with Gasteiger partial charge in [-0.25, -0.2) is 19.9 Å². The van der Waals surface area contributed by atoms with Gasteiger partial charge in [0, 0.05) is 29.1 Å². The van der Waals surface area contributed by atoms with Gasteiger partial charge in [0.15, 0.2) is 17.5 Å². The maximum atomic E-state index is 4.92. The quantitative estimate of drug-likeness (QED) is 0.177. The van der Waals surface area contributed by atoms with Gasteiger partial charge in [-0.1, -0.05) is 115 Å². The Bertz CT molecular complexity index is 2190. The number of pyridine rings is 3. The Morgan fingerprint density at radius 2 is 0.688 bits per heavy atom. The van der Waals surface area contributed by atoms with E-state index in [1.54, 1.807) is 12.4 Å². The van der Waals surface area contributed by atoms with Crippen molar-refractivity contribution < 1.29 is 0 Å². The van der Waals surface area contributed by atoms with Gasteiger partial charge in [-0.15, -0.1) is 0 Å². The van der Waals surface area contributed by atoms with E-state index in [1.165, 1.54) is 0 Å². The molecule has 0 saturated carbocycles. The Morgan fingerprint density at radius 1 is 0.250 bits per heavy atom. The molecule has 0 spiro atoms. The van der Waals surface area contributed by atoms with E-state index in [1.807, 2.05) is 109 Å². The van der Waals surface area contributed by atoms with Crippen molar-refractivity contribution in [1.82, 2.24) is 29.9 Å². The molecule has 4 heterocycles. The van der Waals surface area contributed by atoms with Gasteiger partial charge in [-0.3, -0.25) is 9.97 Å². The molecule has 0 aliphatic carbocycles. The Balaban J connectivity index is 1.16. The maximum absolute atomic E-state index is 4.92. The highest BCUT2D eigenvalue weighted by molar-refractivity contribution is 5.78. The van der Waals surface area contributed by atoms with E-state index in [4.69, 9.17) is 19.9 Å². The maximum Gasteiger partial charge on any atom is 0.164 e. The van der Waals surface area contributed by atoms with Crippen LogP contribution >= 0.6 is 0 Å². The highest BCUT2D eigenvalue weighted by atomic mass is 15.0. The van der Waals surface area contributed by atoms with Gasteiger partial charge in [-0.05, 0) is 64.7 Å². The molecule has 6 nitrogen and oxygen atoms in total. The third kappa shape index (κ3) is 6.10. The van der Waals surface area contributed by atoms with Crippen molar-refractivity contribution in [1.29, 1.82) is 0 Å². The lowest BCUT2D eigenvalue weighted by atomic mass is 9.98. The molecule has 0 N–H and O–H groups in total. The van der Waals surface area contributed by atoms with Crippen LogP contribution in [0.15, 0.2) is 170 Å². The fourth-order valence-corrected chi connectivity index (χ4v) is 5.62. The number of hydrogen-bond acceptors (Lipinski definition) is 6. The third-order valence-corrected chi connectivity index (χ3v) is 8.05. The average molecular weight is 617 g/mol. The predicted molar refractivity (Wildman–Crippen MR) is 191 cm³/mol. The van der Waals surface area contributed by atoms with Crippen molar-refractivity contribution in [2.45, 2.75) is 0 Å². The molecular formula is C42H28N6. The fourth-order valence-electron chi connectivity index (χ4n) is 5.62. The molecule has 48 heavy (non-hydrogen) atoms. The molecule has 6 heteroatoms. The summed E-state index contributed by atoms with van der Waals surface area (Å²) in [7, 11) is 0. The number of benzene rings is 4. The summed E-state index contributed by atoms with van der Waals surface area (Å²) in [6.45, 7) is 0. The second-order valence-corrected chi connectivity index (χ2v) is 11.3. The van der Waals surface area contributed by atoms with Crippen LogP contribution in [0.2, 0.25) is 0 Å². The van der Waals surface area contributed by atoms with E-state index in [2.05, 4.69) is 58.5 Å². The van der Waals surface area contributed by atoms with Gasteiger partial charge in [0.1, 0.15) is 0 Å². The van der Waals surface area contributed by atoms with Crippen LogP contribution in [0.25, 0.3) is 79.2 Å². The number of rotatable bonds is 7. The lowest BCUT2D eigenvalue weighted by Crippen LogP contribution is -2.00. The zero-order valence-corrected chi connectivity index (χ0v) is 25.8. The Hall–Kier alpha value is -6.66. The first-order chi connectivity index (χ1) is 23.8. The van der Waals surface area contributed by atoms with Crippen molar-refractivity contribution >= 4 is 0 Å². The Kier molecular flexibility index (Phi) is 7.79. The van der Waals surface area contributed by atoms with Gasteiger partial charge >= 0.3 is 0 Å². The summed E-state index contributed by atoms with van der Waals surface area (Å²) in [5, 5.41) is 0. The minimum absolute atomic E-state index is 0.627. The predicted octanol–water partition coefficient (Wildman–Crippen LogP) is 9.73. The van der Waals surface area contributed by atoms with Gasteiger partial charge < -0.3 is 0 Å². The third-order valence-electron chi connectivity index (χ3n) is 8.05. The smallest absolute Gasteiger partial charge is 0.164 e. The van der Waals surface area contributed by atoms with E-state index >= 15 is 0 Å². The summed E-state index contributed by atoms with van der Waals surface area (Å²) in [5.74, 6) is 1.91. The molecule has 0 amide bonds. The Labute approximate surface area is 278 Å². The highest BCUT2D eigenvalue weighted by Crippen LogP contribution is 2.32. The average Bonchev–Trinajstić information content (AvgIpc) is 3.19. The molecule has 8 aromatic rings. The van der Waals surface area contributed by atoms with Gasteiger partial charge in [0.25, 0.3) is 0 Å². The van der Waals surface area contributed by atoms with Crippen molar-refractivity contribution in [3.05, 3.63) is 170 Å². The largest absolute Gasteiger partial charge is 0.255 e. The summed E-state index contributed by atoms with van der Waals surface area (Å²) < 4.78 is 0. The molecule has 226 valence electrons. The molecule has 0 radical (unpaired) electrons. The molecular weight excluding hydrogens is 589 g/mol. The van der Waals surface area contributed by atoms with Crippen LogP contribution in [0.5, 0.6) is 0 Å². The minimum Gasteiger partial charge on any atom is -0.255 e. The first-order valence-electron chi connectivity index (χ1n) is 15.7. The van der Waals surface area contributed by atoms with Crippen LogP contribution in [0, 0.1) is 0 Å².